The molecule has 0 saturated heterocycles. The number of hydrogen-bond donors (Lipinski definition) is 1. The molecule has 1 aromatic rings. The zero-order valence-electron chi connectivity index (χ0n) is 10.0. The van der Waals surface area contributed by atoms with Crippen molar-refractivity contribution in [1.82, 2.24) is 5.32 Å². The molecule has 1 N–H and O–H groups in total. The number of benzene rings is 1. The van der Waals surface area contributed by atoms with Gasteiger partial charge >= 0.3 is 0 Å². The van der Waals surface area contributed by atoms with E-state index in [9.17, 15) is 14.4 Å². The number of carbonyl (C=O) groups excluding carboxylic acids is 3. The van der Waals surface area contributed by atoms with E-state index < -0.39 is 0 Å². The highest BCUT2D eigenvalue weighted by atomic mass is 16.1. The summed E-state index contributed by atoms with van der Waals surface area (Å²) in [5.74, 6) is 5.62. The van der Waals surface area contributed by atoms with E-state index in [1.165, 1.54) is 13.0 Å². The second kappa shape index (κ2) is 7.02. The van der Waals surface area contributed by atoms with Crippen LogP contribution in [0.25, 0.3) is 0 Å². The van der Waals surface area contributed by atoms with Crippen LogP contribution >= 0.6 is 0 Å². The highest BCUT2D eigenvalue weighted by Crippen LogP contribution is 2.06. The van der Waals surface area contributed by atoms with Crippen LogP contribution in [0, 0.1) is 11.8 Å². The van der Waals surface area contributed by atoms with Gasteiger partial charge < -0.3 is 5.32 Å². The van der Waals surface area contributed by atoms with Crippen molar-refractivity contribution < 1.29 is 14.4 Å². The summed E-state index contributed by atoms with van der Waals surface area (Å²) >= 11 is 0. The van der Waals surface area contributed by atoms with Crippen molar-refractivity contribution in [2.24, 2.45) is 0 Å². The predicted octanol–water partition coefficient (Wildman–Crippen LogP) is 1.19. The molecule has 1 rings (SSSR count). The Bertz CT molecular complexity index is 497. The minimum atomic E-state index is -0.0945. The summed E-state index contributed by atoms with van der Waals surface area (Å²) in [6, 6.07) is 4.74. The normalized spacial score (nSPS) is 8.94. The number of carbonyl (C=O) groups is 3. The van der Waals surface area contributed by atoms with Crippen molar-refractivity contribution in [2.45, 2.75) is 13.3 Å². The molecule has 4 nitrogen and oxygen atoms in total. The van der Waals surface area contributed by atoms with Crippen LogP contribution in [0.4, 0.5) is 0 Å². The highest BCUT2D eigenvalue weighted by molar-refractivity contribution is 5.83. The van der Waals surface area contributed by atoms with E-state index >= 15 is 0 Å². The lowest BCUT2D eigenvalue weighted by Crippen LogP contribution is -2.20. The maximum absolute atomic E-state index is 10.7. The molecule has 0 bridgehead atoms. The molecule has 0 spiro atoms. The smallest absolute Gasteiger partial charge is 0.216 e. The van der Waals surface area contributed by atoms with Crippen molar-refractivity contribution in [3.63, 3.8) is 0 Å². The molecule has 0 aliphatic rings. The Morgan fingerprint density at radius 1 is 1.22 bits per heavy atom. The zero-order chi connectivity index (χ0) is 13.4. The van der Waals surface area contributed by atoms with E-state index in [0.717, 1.165) is 0 Å². The van der Waals surface area contributed by atoms with Crippen molar-refractivity contribution >= 4 is 18.5 Å². The van der Waals surface area contributed by atoms with Crippen LogP contribution < -0.4 is 5.32 Å². The van der Waals surface area contributed by atoms with Gasteiger partial charge in [0, 0.05) is 36.6 Å². The van der Waals surface area contributed by atoms with Gasteiger partial charge in [-0.05, 0) is 18.2 Å². The summed E-state index contributed by atoms with van der Waals surface area (Å²) in [7, 11) is 0. The lowest BCUT2D eigenvalue weighted by molar-refractivity contribution is -0.118. The quantitative estimate of drug-likeness (QED) is 0.491. The fourth-order valence-electron chi connectivity index (χ4n) is 1.35. The summed E-state index contributed by atoms with van der Waals surface area (Å²) in [4.78, 5) is 31.9. The molecule has 0 aromatic heterocycles. The second-order valence-corrected chi connectivity index (χ2v) is 3.66. The summed E-state index contributed by atoms with van der Waals surface area (Å²) in [5.41, 5.74) is 1.46. The van der Waals surface area contributed by atoms with Gasteiger partial charge in [-0.2, -0.15) is 0 Å². The first kappa shape index (κ1) is 13.7. The van der Waals surface area contributed by atoms with Crippen LogP contribution in [0.3, 0.4) is 0 Å². The first-order valence-electron chi connectivity index (χ1n) is 5.44. The van der Waals surface area contributed by atoms with E-state index in [1.54, 1.807) is 12.1 Å². The molecule has 0 aliphatic heterocycles. The number of nitrogens with one attached hydrogen (secondary N) is 1. The third kappa shape index (κ3) is 4.62. The van der Waals surface area contributed by atoms with Crippen molar-refractivity contribution in [1.29, 1.82) is 0 Å². The van der Waals surface area contributed by atoms with Crippen molar-refractivity contribution in [2.75, 3.05) is 6.54 Å². The van der Waals surface area contributed by atoms with Gasteiger partial charge in [0.1, 0.15) is 12.6 Å². The van der Waals surface area contributed by atoms with E-state index in [-0.39, 0.29) is 5.91 Å². The van der Waals surface area contributed by atoms with Gasteiger partial charge in [-0.15, -0.1) is 0 Å². The third-order valence-electron chi connectivity index (χ3n) is 2.11. The minimum Gasteiger partial charge on any atom is -0.355 e. The van der Waals surface area contributed by atoms with Gasteiger partial charge in [0.2, 0.25) is 5.91 Å². The van der Waals surface area contributed by atoms with Gasteiger partial charge in [0.05, 0.1) is 0 Å². The largest absolute Gasteiger partial charge is 0.355 e. The average Bonchev–Trinajstić information content (AvgIpc) is 2.37. The summed E-state index contributed by atoms with van der Waals surface area (Å²) in [6.45, 7) is 1.92. The fourth-order valence-corrected chi connectivity index (χ4v) is 1.35. The topological polar surface area (TPSA) is 63.2 Å². The maximum atomic E-state index is 10.7. The SMILES string of the molecule is CC(=O)NCCC#Cc1cc(C=O)cc(C=O)c1. The lowest BCUT2D eigenvalue weighted by atomic mass is 10.1. The molecular formula is C14H13NO3. The first-order chi connectivity index (χ1) is 8.65. The molecule has 1 aromatic carbocycles. The maximum Gasteiger partial charge on any atom is 0.216 e. The highest BCUT2D eigenvalue weighted by Gasteiger charge is 1.97. The second-order valence-electron chi connectivity index (χ2n) is 3.66. The summed E-state index contributed by atoms with van der Waals surface area (Å²) in [5, 5.41) is 2.62. The van der Waals surface area contributed by atoms with Crippen molar-refractivity contribution in [3.05, 3.63) is 34.9 Å². The Morgan fingerprint density at radius 3 is 2.33 bits per heavy atom. The summed E-state index contributed by atoms with van der Waals surface area (Å²) < 4.78 is 0. The molecule has 92 valence electrons. The fraction of sp³-hybridized carbons (Fsp3) is 0.214. The average molecular weight is 243 g/mol. The molecular weight excluding hydrogens is 230 g/mol. The minimum absolute atomic E-state index is 0.0945. The van der Waals surface area contributed by atoms with Gasteiger partial charge in [-0.25, -0.2) is 0 Å². The standard InChI is InChI=1S/C14H13NO3/c1-11(18)15-5-3-2-4-12-6-13(9-16)8-14(7-12)10-17/h6-10H,3,5H2,1H3,(H,15,18). The summed E-state index contributed by atoms with van der Waals surface area (Å²) in [6.07, 6.45) is 1.87. The Kier molecular flexibility index (Phi) is 5.33. The molecule has 0 atom stereocenters. The molecule has 1 amide bonds. The van der Waals surface area contributed by atoms with Crippen LogP contribution in [-0.4, -0.2) is 25.0 Å². The molecule has 0 heterocycles. The molecule has 0 unspecified atom stereocenters. The van der Waals surface area contributed by atoms with Gasteiger partial charge in [-0.3, -0.25) is 14.4 Å². The monoisotopic (exact) mass is 243 g/mol. The van der Waals surface area contributed by atoms with E-state index in [4.69, 9.17) is 0 Å². The van der Waals surface area contributed by atoms with E-state index in [0.29, 0.717) is 42.2 Å². The lowest BCUT2D eigenvalue weighted by Gasteiger charge is -1.97. The molecule has 0 saturated carbocycles. The Labute approximate surface area is 105 Å². The number of hydrogen-bond acceptors (Lipinski definition) is 3. The Balaban J connectivity index is 2.71. The predicted molar refractivity (Wildman–Crippen MR) is 67.4 cm³/mol. The first-order valence-corrected chi connectivity index (χ1v) is 5.44. The van der Waals surface area contributed by atoms with Crippen LogP contribution in [0.2, 0.25) is 0 Å². The van der Waals surface area contributed by atoms with E-state index in [1.807, 2.05) is 0 Å². The van der Waals surface area contributed by atoms with Gasteiger partial charge in [0.25, 0.3) is 0 Å². The van der Waals surface area contributed by atoms with Crippen LogP contribution in [0.5, 0.6) is 0 Å². The molecule has 0 aliphatic carbocycles. The Hall–Kier alpha value is -2.41. The molecule has 18 heavy (non-hydrogen) atoms. The van der Waals surface area contributed by atoms with Crippen LogP contribution in [-0.2, 0) is 4.79 Å². The molecule has 4 heteroatoms. The molecule has 0 radical (unpaired) electrons. The van der Waals surface area contributed by atoms with Crippen LogP contribution in [0.1, 0.15) is 39.6 Å². The van der Waals surface area contributed by atoms with Crippen molar-refractivity contribution in [3.8, 4) is 11.8 Å². The zero-order valence-corrected chi connectivity index (χ0v) is 10.0. The number of rotatable bonds is 4. The number of aldehydes is 2. The van der Waals surface area contributed by atoms with Crippen LogP contribution in [0.15, 0.2) is 18.2 Å². The third-order valence-corrected chi connectivity index (χ3v) is 2.11. The van der Waals surface area contributed by atoms with Gasteiger partial charge in [-0.1, -0.05) is 11.8 Å². The Morgan fingerprint density at radius 2 is 1.83 bits per heavy atom. The molecule has 0 fully saturated rings. The van der Waals surface area contributed by atoms with E-state index in [2.05, 4.69) is 17.2 Å². The van der Waals surface area contributed by atoms with Gasteiger partial charge in [0.15, 0.2) is 0 Å². The number of amides is 1.